The van der Waals surface area contributed by atoms with E-state index in [2.05, 4.69) is 20.9 Å². The molecule has 0 unspecified atom stereocenters. The van der Waals surface area contributed by atoms with E-state index < -0.39 is 0 Å². The summed E-state index contributed by atoms with van der Waals surface area (Å²) < 4.78 is 6.27. The monoisotopic (exact) mass is 351 g/mol. The highest BCUT2D eigenvalue weighted by atomic mass is 79.9. The molecule has 0 aliphatic heterocycles. The molecule has 0 bridgehead atoms. The number of halogens is 4. The van der Waals surface area contributed by atoms with Crippen molar-refractivity contribution < 1.29 is 4.74 Å². The molecule has 1 aromatic heterocycles. The lowest BCUT2D eigenvalue weighted by atomic mass is 10.3. The molecule has 0 aliphatic rings. The second-order valence-electron chi connectivity index (χ2n) is 3.09. The molecule has 88 valence electrons. The van der Waals surface area contributed by atoms with Crippen LogP contribution in [0.3, 0.4) is 0 Å². The highest BCUT2D eigenvalue weighted by Crippen LogP contribution is 2.37. The Labute approximate surface area is 122 Å². The predicted molar refractivity (Wildman–Crippen MR) is 73.5 cm³/mol. The quantitative estimate of drug-likeness (QED) is 0.656. The highest BCUT2D eigenvalue weighted by molar-refractivity contribution is 9.10. The summed E-state index contributed by atoms with van der Waals surface area (Å²) in [6, 6.07) is 6.67. The van der Waals surface area contributed by atoms with Gasteiger partial charge in [-0.15, -0.1) is 0 Å². The summed E-state index contributed by atoms with van der Waals surface area (Å²) in [5, 5.41) is 1.12. The molecule has 0 aliphatic carbocycles. The first-order valence-electron chi connectivity index (χ1n) is 4.51. The fourth-order valence-electron chi connectivity index (χ4n) is 1.13. The van der Waals surface area contributed by atoms with E-state index in [4.69, 9.17) is 39.5 Å². The Kier molecular flexibility index (Phi) is 4.15. The highest BCUT2D eigenvalue weighted by Gasteiger charge is 2.10. The van der Waals surface area contributed by atoms with Gasteiger partial charge in [-0.25, -0.2) is 4.98 Å². The smallest absolute Gasteiger partial charge is 0.233 e. The zero-order valence-electron chi connectivity index (χ0n) is 8.25. The molecule has 0 fully saturated rings. The summed E-state index contributed by atoms with van der Waals surface area (Å²) >= 11 is 21.0. The Morgan fingerprint density at radius 2 is 1.76 bits per heavy atom. The molecule has 2 aromatic rings. The van der Waals surface area contributed by atoms with Crippen LogP contribution < -0.4 is 4.74 Å². The third-order valence-electron chi connectivity index (χ3n) is 1.91. The van der Waals surface area contributed by atoms with Crippen LogP contribution in [0.5, 0.6) is 11.6 Å². The number of rotatable bonds is 2. The zero-order valence-corrected chi connectivity index (χ0v) is 12.1. The van der Waals surface area contributed by atoms with Gasteiger partial charge in [0.05, 0.1) is 19.5 Å². The molecule has 0 N–H and O–H groups in total. The van der Waals surface area contributed by atoms with Crippen LogP contribution in [0.25, 0.3) is 0 Å². The van der Waals surface area contributed by atoms with Crippen molar-refractivity contribution >= 4 is 50.7 Å². The fraction of sp³-hybridized carbons (Fsp3) is 0. The van der Waals surface area contributed by atoms with Crippen LogP contribution >= 0.6 is 50.7 Å². The van der Waals surface area contributed by atoms with Crippen molar-refractivity contribution in [2.45, 2.75) is 0 Å². The van der Waals surface area contributed by atoms with Gasteiger partial charge in [-0.1, -0.05) is 34.8 Å². The Bertz CT molecular complexity index is 562. The van der Waals surface area contributed by atoms with Crippen LogP contribution in [0.4, 0.5) is 0 Å². The van der Waals surface area contributed by atoms with E-state index >= 15 is 0 Å². The van der Waals surface area contributed by atoms with Gasteiger partial charge in [0.25, 0.3) is 0 Å². The number of hydrogen-bond donors (Lipinski definition) is 0. The van der Waals surface area contributed by atoms with E-state index in [1.165, 1.54) is 6.07 Å². The molecule has 0 saturated heterocycles. The van der Waals surface area contributed by atoms with Crippen molar-refractivity contribution in [1.29, 1.82) is 0 Å². The molecule has 0 saturated carbocycles. The van der Waals surface area contributed by atoms with E-state index in [1.807, 2.05) is 6.07 Å². The van der Waals surface area contributed by atoms with Crippen LogP contribution in [0, 0.1) is 0 Å². The minimum absolute atomic E-state index is 0.372. The Morgan fingerprint density at radius 1 is 1.06 bits per heavy atom. The van der Waals surface area contributed by atoms with E-state index in [-0.39, 0.29) is 0 Å². The second kappa shape index (κ2) is 5.44. The Morgan fingerprint density at radius 3 is 2.47 bits per heavy atom. The summed E-state index contributed by atoms with van der Waals surface area (Å²) in [6.07, 6.45) is 1.62. The van der Waals surface area contributed by atoms with Gasteiger partial charge in [0.15, 0.2) is 0 Å². The first kappa shape index (κ1) is 13.0. The number of benzene rings is 1. The second-order valence-corrected chi connectivity index (χ2v) is 5.17. The van der Waals surface area contributed by atoms with Crippen molar-refractivity contribution in [2.75, 3.05) is 0 Å². The Hall–Kier alpha value is -0.480. The topological polar surface area (TPSA) is 22.1 Å². The van der Waals surface area contributed by atoms with Crippen molar-refractivity contribution in [1.82, 2.24) is 4.98 Å². The largest absolute Gasteiger partial charge is 0.436 e. The van der Waals surface area contributed by atoms with Gasteiger partial charge in [-0.2, -0.15) is 0 Å². The average Bonchev–Trinajstić information content (AvgIpc) is 2.29. The van der Waals surface area contributed by atoms with Gasteiger partial charge in [0.2, 0.25) is 5.88 Å². The molecule has 2 nitrogen and oxygen atoms in total. The standard InChI is InChI=1S/C11H5BrCl3NO/c12-6-2-1-3-16-11(6)17-10-5-8(14)7(13)4-9(10)15/h1-5H. The normalized spacial score (nSPS) is 10.4. The average molecular weight is 353 g/mol. The molecular weight excluding hydrogens is 348 g/mol. The first-order valence-corrected chi connectivity index (χ1v) is 6.43. The van der Waals surface area contributed by atoms with Crippen LogP contribution in [0.1, 0.15) is 0 Å². The van der Waals surface area contributed by atoms with Gasteiger partial charge >= 0.3 is 0 Å². The van der Waals surface area contributed by atoms with Gasteiger partial charge < -0.3 is 4.74 Å². The number of pyridine rings is 1. The number of aromatic nitrogens is 1. The minimum Gasteiger partial charge on any atom is -0.436 e. The van der Waals surface area contributed by atoms with Gasteiger partial charge in [0.1, 0.15) is 5.75 Å². The summed E-state index contributed by atoms with van der Waals surface area (Å²) in [4.78, 5) is 4.06. The third-order valence-corrected chi connectivity index (χ3v) is 3.53. The van der Waals surface area contributed by atoms with Crippen LogP contribution in [-0.2, 0) is 0 Å². The molecule has 2 rings (SSSR count). The summed E-state index contributed by atoms with van der Waals surface area (Å²) in [5.74, 6) is 0.813. The molecular formula is C11H5BrCl3NO. The maximum Gasteiger partial charge on any atom is 0.233 e. The molecule has 1 heterocycles. The lowest BCUT2D eigenvalue weighted by molar-refractivity contribution is 0.460. The molecule has 0 amide bonds. The van der Waals surface area contributed by atoms with E-state index in [1.54, 1.807) is 18.3 Å². The summed E-state index contributed by atoms with van der Waals surface area (Å²) in [7, 11) is 0. The molecule has 17 heavy (non-hydrogen) atoms. The van der Waals surface area contributed by atoms with Gasteiger partial charge in [-0.3, -0.25) is 0 Å². The number of nitrogens with zero attached hydrogens (tertiary/aromatic N) is 1. The Balaban J connectivity index is 2.37. The number of ether oxygens (including phenoxy) is 1. The number of hydrogen-bond acceptors (Lipinski definition) is 2. The van der Waals surface area contributed by atoms with Crippen LogP contribution in [-0.4, -0.2) is 4.98 Å². The van der Waals surface area contributed by atoms with E-state index in [9.17, 15) is 0 Å². The van der Waals surface area contributed by atoms with Crippen molar-refractivity contribution in [2.24, 2.45) is 0 Å². The molecule has 0 spiro atoms. The van der Waals surface area contributed by atoms with Crippen LogP contribution in [0.15, 0.2) is 34.9 Å². The molecule has 1 aromatic carbocycles. The summed E-state index contributed by atoms with van der Waals surface area (Å²) in [5.41, 5.74) is 0. The first-order chi connectivity index (χ1) is 8.08. The van der Waals surface area contributed by atoms with Crippen molar-refractivity contribution in [3.63, 3.8) is 0 Å². The maximum absolute atomic E-state index is 5.99. The van der Waals surface area contributed by atoms with Gasteiger partial charge in [-0.05, 0) is 34.1 Å². The lowest BCUT2D eigenvalue weighted by Crippen LogP contribution is -1.89. The predicted octanol–water partition coefficient (Wildman–Crippen LogP) is 5.60. The molecule has 0 radical (unpaired) electrons. The van der Waals surface area contributed by atoms with Crippen molar-refractivity contribution in [3.8, 4) is 11.6 Å². The minimum atomic E-state index is 0.372. The van der Waals surface area contributed by atoms with Crippen LogP contribution in [0.2, 0.25) is 15.1 Å². The fourth-order valence-corrected chi connectivity index (χ4v) is 2.04. The maximum atomic E-state index is 5.99. The van der Waals surface area contributed by atoms with E-state index in [0.29, 0.717) is 26.7 Å². The van der Waals surface area contributed by atoms with Crippen molar-refractivity contribution in [3.05, 3.63) is 50.0 Å². The third kappa shape index (κ3) is 3.05. The van der Waals surface area contributed by atoms with Gasteiger partial charge in [0, 0.05) is 12.3 Å². The molecule has 6 heteroatoms. The lowest BCUT2D eigenvalue weighted by Gasteiger charge is -2.09. The van der Waals surface area contributed by atoms with E-state index in [0.717, 1.165) is 4.47 Å². The molecule has 0 atom stereocenters. The summed E-state index contributed by atoms with van der Waals surface area (Å²) in [6.45, 7) is 0. The zero-order chi connectivity index (χ0) is 12.4. The SMILES string of the molecule is Clc1cc(Cl)c(Oc2ncccc2Br)cc1Cl.